The van der Waals surface area contributed by atoms with E-state index in [0.717, 1.165) is 6.08 Å². The molecule has 9 heteroatoms. The minimum absolute atomic E-state index is 0.0579. The quantitative estimate of drug-likeness (QED) is 0.670. The number of sulfonamides is 1. The van der Waals surface area contributed by atoms with Crippen LogP contribution in [0.2, 0.25) is 0 Å². The molecular formula is C12H15ClN2O5S. The number of primary sulfonamides is 1. The molecule has 1 aromatic heterocycles. The summed E-state index contributed by atoms with van der Waals surface area (Å²) in [4.78, 5) is 11.3. The molecule has 0 spiro atoms. The van der Waals surface area contributed by atoms with Crippen molar-refractivity contribution >= 4 is 27.6 Å². The second kappa shape index (κ2) is 6.18. The summed E-state index contributed by atoms with van der Waals surface area (Å²) in [5.74, 6) is -0.566. The van der Waals surface area contributed by atoms with Gasteiger partial charge in [-0.3, -0.25) is 0 Å². The van der Waals surface area contributed by atoms with Gasteiger partial charge in [0.25, 0.3) is 0 Å². The minimum Gasteiger partial charge on any atom is -0.478 e. The first-order valence-corrected chi connectivity index (χ1v) is 8.20. The Labute approximate surface area is 126 Å². The topological polar surface area (TPSA) is 123 Å². The van der Waals surface area contributed by atoms with E-state index < -0.39 is 32.7 Å². The molecule has 3 atom stereocenters. The van der Waals surface area contributed by atoms with Crippen LogP contribution >= 0.6 is 11.6 Å². The third-order valence-electron chi connectivity index (χ3n) is 3.27. The molecular weight excluding hydrogens is 320 g/mol. The Hall–Kier alpha value is -1.35. The summed E-state index contributed by atoms with van der Waals surface area (Å²) in [5, 5.41) is 15.3. The van der Waals surface area contributed by atoms with Crippen LogP contribution in [0.25, 0.3) is 0 Å². The van der Waals surface area contributed by atoms with Crippen LogP contribution in [-0.2, 0) is 21.4 Å². The van der Waals surface area contributed by atoms with Gasteiger partial charge in [-0.05, 0) is 18.6 Å². The molecule has 4 N–H and O–H groups in total. The molecule has 1 aliphatic rings. The maximum atomic E-state index is 11.4. The Kier molecular flexibility index (Phi) is 4.72. The smallest absolute Gasteiger partial charge is 0.332 e. The molecule has 2 rings (SSSR count). The molecule has 7 nitrogen and oxygen atoms in total. The number of hydrogen-bond acceptors (Lipinski definition) is 5. The van der Waals surface area contributed by atoms with Gasteiger partial charge < -0.3 is 14.8 Å². The van der Waals surface area contributed by atoms with E-state index in [4.69, 9.17) is 21.2 Å². The second-order valence-electron chi connectivity index (χ2n) is 4.75. The fourth-order valence-corrected chi connectivity index (χ4v) is 3.78. The Morgan fingerprint density at radius 2 is 2.29 bits per heavy atom. The number of hydrogen-bond donors (Lipinski definition) is 3. The van der Waals surface area contributed by atoms with Crippen molar-refractivity contribution in [3.05, 3.63) is 35.8 Å². The average Bonchev–Trinajstić information content (AvgIpc) is 2.87. The largest absolute Gasteiger partial charge is 0.478 e. The van der Waals surface area contributed by atoms with E-state index in [-0.39, 0.29) is 12.0 Å². The summed E-state index contributed by atoms with van der Waals surface area (Å²) >= 11 is 6.03. The molecule has 1 aliphatic carbocycles. The van der Waals surface area contributed by atoms with Gasteiger partial charge in [-0.1, -0.05) is 6.08 Å². The lowest BCUT2D eigenvalue weighted by atomic mass is 9.93. The van der Waals surface area contributed by atoms with E-state index in [1.54, 1.807) is 12.1 Å². The summed E-state index contributed by atoms with van der Waals surface area (Å²) in [6, 6.07) is 2.88. The zero-order valence-corrected chi connectivity index (χ0v) is 12.5. The SMILES string of the molecule is NS(=O)(=O)C1C=C(C(=O)O)C(NCc2ccco2)CC1Cl. The molecule has 0 saturated carbocycles. The molecule has 3 unspecified atom stereocenters. The fourth-order valence-electron chi connectivity index (χ4n) is 2.24. The first-order chi connectivity index (χ1) is 9.79. The van der Waals surface area contributed by atoms with E-state index >= 15 is 0 Å². The molecule has 116 valence electrons. The lowest BCUT2D eigenvalue weighted by Crippen LogP contribution is -2.46. The number of carboxylic acids is 1. The van der Waals surface area contributed by atoms with Gasteiger partial charge in [-0.15, -0.1) is 11.6 Å². The van der Waals surface area contributed by atoms with Crippen molar-refractivity contribution in [2.75, 3.05) is 0 Å². The summed E-state index contributed by atoms with van der Waals surface area (Å²) in [6.07, 6.45) is 2.76. The molecule has 0 aromatic carbocycles. The standard InChI is InChI=1S/C12H15ClN2O5S/c13-9-5-10(15-6-7-2-1-3-20-7)8(12(16)17)4-11(9)21(14,18)19/h1-4,9-11,15H,5-6H2,(H,16,17)(H2,14,18,19). The minimum atomic E-state index is -3.94. The summed E-state index contributed by atoms with van der Waals surface area (Å²) < 4.78 is 28.0. The molecule has 0 fully saturated rings. The van der Waals surface area contributed by atoms with Gasteiger partial charge in [0.15, 0.2) is 0 Å². The zero-order chi connectivity index (χ0) is 15.6. The van der Waals surface area contributed by atoms with Gasteiger partial charge in [0.2, 0.25) is 10.0 Å². The van der Waals surface area contributed by atoms with E-state index in [0.29, 0.717) is 12.3 Å². The van der Waals surface area contributed by atoms with Crippen LogP contribution in [0.3, 0.4) is 0 Å². The van der Waals surface area contributed by atoms with Gasteiger partial charge in [-0.2, -0.15) is 0 Å². The lowest BCUT2D eigenvalue weighted by Gasteiger charge is -2.30. The summed E-state index contributed by atoms with van der Waals surface area (Å²) in [5.41, 5.74) is -0.0579. The Balaban J connectivity index is 2.19. The van der Waals surface area contributed by atoms with Crippen molar-refractivity contribution in [2.45, 2.75) is 29.6 Å². The second-order valence-corrected chi connectivity index (χ2v) is 7.03. The monoisotopic (exact) mass is 334 g/mol. The first-order valence-electron chi connectivity index (χ1n) is 6.15. The Morgan fingerprint density at radius 3 is 2.81 bits per heavy atom. The number of rotatable bonds is 5. The van der Waals surface area contributed by atoms with E-state index in [1.165, 1.54) is 6.26 Å². The van der Waals surface area contributed by atoms with Crippen LogP contribution in [-0.4, -0.2) is 36.2 Å². The van der Waals surface area contributed by atoms with Crippen molar-refractivity contribution in [2.24, 2.45) is 5.14 Å². The van der Waals surface area contributed by atoms with Gasteiger partial charge >= 0.3 is 5.97 Å². The lowest BCUT2D eigenvalue weighted by molar-refractivity contribution is -0.133. The van der Waals surface area contributed by atoms with Gasteiger partial charge in [-0.25, -0.2) is 18.4 Å². The predicted molar refractivity (Wildman–Crippen MR) is 76.2 cm³/mol. The summed E-state index contributed by atoms with van der Waals surface area (Å²) in [7, 11) is -3.94. The van der Waals surface area contributed by atoms with Crippen LogP contribution in [0, 0.1) is 0 Å². The van der Waals surface area contributed by atoms with Crippen LogP contribution in [0.1, 0.15) is 12.2 Å². The Bertz CT molecular complexity index is 641. The molecule has 21 heavy (non-hydrogen) atoms. The van der Waals surface area contributed by atoms with Gasteiger partial charge in [0.05, 0.1) is 23.8 Å². The highest BCUT2D eigenvalue weighted by Crippen LogP contribution is 2.27. The molecule has 0 amide bonds. The number of nitrogens with one attached hydrogen (secondary N) is 1. The van der Waals surface area contributed by atoms with E-state index in [2.05, 4.69) is 5.32 Å². The van der Waals surface area contributed by atoms with Crippen molar-refractivity contribution in [1.82, 2.24) is 5.32 Å². The van der Waals surface area contributed by atoms with E-state index in [1.807, 2.05) is 0 Å². The number of alkyl halides is 1. The van der Waals surface area contributed by atoms with Crippen molar-refractivity contribution < 1.29 is 22.7 Å². The number of carbonyl (C=O) groups is 1. The molecule has 0 bridgehead atoms. The molecule has 0 aliphatic heterocycles. The highest BCUT2D eigenvalue weighted by molar-refractivity contribution is 7.90. The van der Waals surface area contributed by atoms with Crippen molar-refractivity contribution in [1.29, 1.82) is 0 Å². The molecule has 0 saturated heterocycles. The highest BCUT2D eigenvalue weighted by Gasteiger charge is 2.38. The maximum Gasteiger partial charge on any atom is 0.332 e. The van der Waals surface area contributed by atoms with E-state index in [9.17, 15) is 18.3 Å². The van der Waals surface area contributed by atoms with Gasteiger partial charge in [0.1, 0.15) is 11.0 Å². The highest BCUT2D eigenvalue weighted by atomic mass is 35.5. The normalized spacial score (nSPS) is 26.4. The van der Waals surface area contributed by atoms with Crippen LogP contribution < -0.4 is 10.5 Å². The van der Waals surface area contributed by atoms with Crippen LogP contribution in [0.15, 0.2) is 34.5 Å². The molecule has 1 aromatic rings. The number of nitrogens with two attached hydrogens (primary N) is 1. The Morgan fingerprint density at radius 1 is 1.57 bits per heavy atom. The number of aliphatic carboxylic acids is 1. The number of furan rings is 1. The van der Waals surface area contributed by atoms with Crippen LogP contribution in [0.4, 0.5) is 0 Å². The third-order valence-corrected chi connectivity index (χ3v) is 5.09. The summed E-state index contributed by atoms with van der Waals surface area (Å²) in [6.45, 7) is 0.311. The predicted octanol–water partition coefficient (Wildman–Crippen LogP) is 0.417. The van der Waals surface area contributed by atoms with Gasteiger partial charge in [0, 0.05) is 6.04 Å². The zero-order valence-electron chi connectivity index (χ0n) is 10.9. The third kappa shape index (κ3) is 3.85. The fraction of sp³-hybridized carbons (Fsp3) is 0.417. The van der Waals surface area contributed by atoms with Crippen LogP contribution in [0.5, 0.6) is 0 Å². The average molecular weight is 335 g/mol. The molecule has 1 heterocycles. The van der Waals surface area contributed by atoms with Crippen molar-refractivity contribution in [3.8, 4) is 0 Å². The van der Waals surface area contributed by atoms with Crippen molar-refractivity contribution in [3.63, 3.8) is 0 Å². The maximum absolute atomic E-state index is 11.4. The first kappa shape index (κ1) is 16.0. The number of carboxylic acid groups (broad SMARTS) is 1. The molecule has 0 radical (unpaired) electrons. The number of halogens is 1.